The number of amides is 4. The van der Waals surface area contributed by atoms with Crippen LogP contribution in [-0.4, -0.2) is 39.1 Å². The fraction of sp³-hybridized carbons (Fsp3) is 0.357. The second-order valence-electron chi connectivity index (χ2n) is 5.52. The van der Waals surface area contributed by atoms with Gasteiger partial charge in [-0.2, -0.15) is 0 Å². The summed E-state index contributed by atoms with van der Waals surface area (Å²) in [6.07, 6.45) is 0. The maximum atomic E-state index is 12.2. The van der Waals surface area contributed by atoms with E-state index in [4.69, 9.17) is 11.6 Å². The molecule has 1 aromatic rings. The summed E-state index contributed by atoms with van der Waals surface area (Å²) >= 11 is 5.96. The molecule has 0 bridgehead atoms. The molecule has 4 amide bonds. The molecule has 0 spiro atoms. The molecule has 2 rings (SSSR count). The van der Waals surface area contributed by atoms with Crippen molar-refractivity contribution in [2.75, 3.05) is 6.54 Å². The Labute approximate surface area is 136 Å². The van der Waals surface area contributed by atoms with E-state index < -0.39 is 22.8 Å². The lowest BCUT2D eigenvalue weighted by atomic mass is 10.2. The summed E-state index contributed by atoms with van der Waals surface area (Å²) in [4.78, 5) is 47.9. The van der Waals surface area contributed by atoms with Gasteiger partial charge in [0.2, 0.25) is 0 Å². The number of nitro benzene ring substituents is 1. The van der Waals surface area contributed by atoms with Gasteiger partial charge in [0, 0.05) is 23.7 Å². The van der Waals surface area contributed by atoms with Crippen molar-refractivity contribution in [1.82, 2.24) is 9.80 Å². The lowest BCUT2D eigenvalue weighted by Crippen LogP contribution is -2.35. The van der Waals surface area contributed by atoms with Crippen molar-refractivity contribution in [1.29, 1.82) is 0 Å². The molecule has 1 heterocycles. The van der Waals surface area contributed by atoms with Crippen molar-refractivity contribution < 1.29 is 19.3 Å². The summed E-state index contributed by atoms with van der Waals surface area (Å²) in [5.41, 5.74) is 0.00983. The van der Waals surface area contributed by atoms with E-state index in [0.717, 1.165) is 9.80 Å². The van der Waals surface area contributed by atoms with Crippen molar-refractivity contribution in [3.05, 3.63) is 38.9 Å². The van der Waals surface area contributed by atoms with Crippen molar-refractivity contribution in [2.24, 2.45) is 5.92 Å². The average Bonchev–Trinajstić information content (AvgIpc) is 2.66. The molecule has 0 saturated carbocycles. The van der Waals surface area contributed by atoms with Gasteiger partial charge in [0.1, 0.15) is 0 Å². The largest absolute Gasteiger partial charge is 0.334 e. The maximum Gasteiger partial charge on any atom is 0.334 e. The standard InChI is InChI=1S/C14H14ClN3O5/c1-8(2)6-16-12(19)13(20)17(14(16)21)7-9-5-10(18(22)23)3-4-11(9)15/h3-5,8H,6-7H2,1-2H3. The lowest BCUT2D eigenvalue weighted by Gasteiger charge is -2.17. The number of hydrogen-bond acceptors (Lipinski definition) is 5. The third kappa shape index (κ3) is 3.31. The second-order valence-corrected chi connectivity index (χ2v) is 5.92. The highest BCUT2D eigenvalue weighted by Gasteiger charge is 2.44. The Morgan fingerprint density at radius 2 is 1.78 bits per heavy atom. The number of nitro groups is 1. The van der Waals surface area contributed by atoms with E-state index in [0.29, 0.717) is 0 Å². The quantitative estimate of drug-likeness (QED) is 0.354. The number of nitrogens with zero attached hydrogens (tertiary/aromatic N) is 3. The van der Waals surface area contributed by atoms with Crippen LogP contribution in [0.2, 0.25) is 5.02 Å². The Kier molecular flexibility index (Phi) is 4.65. The lowest BCUT2D eigenvalue weighted by molar-refractivity contribution is -0.384. The number of carbonyl (C=O) groups is 3. The Morgan fingerprint density at radius 3 is 2.35 bits per heavy atom. The van der Waals surface area contributed by atoms with Crippen molar-refractivity contribution in [3.63, 3.8) is 0 Å². The molecule has 8 nitrogen and oxygen atoms in total. The summed E-state index contributed by atoms with van der Waals surface area (Å²) in [6, 6.07) is 2.97. The fourth-order valence-electron chi connectivity index (χ4n) is 2.18. The van der Waals surface area contributed by atoms with Gasteiger partial charge >= 0.3 is 17.8 Å². The number of halogens is 1. The predicted molar refractivity (Wildman–Crippen MR) is 80.6 cm³/mol. The topological polar surface area (TPSA) is 101 Å². The molecule has 1 aliphatic heterocycles. The maximum absolute atomic E-state index is 12.2. The molecule has 1 aliphatic rings. The molecular weight excluding hydrogens is 326 g/mol. The Balaban J connectivity index is 2.28. The van der Waals surface area contributed by atoms with Crippen molar-refractivity contribution in [2.45, 2.75) is 20.4 Å². The molecule has 0 N–H and O–H groups in total. The number of rotatable bonds is 5. The van der Waals surface area contributed by atoms with E-state index in [1.54, 1.807) is 0 Å². The highest BCUT2D eigenvalue weighted by Crippen LogP contribution is 2.25. The SMILES string of the molecule is CC(C)CN1C(=O)C(=O)N(Cc2cc([N+](=O)[O-])ccc2Cl)C1=O. The van der Waals surface area contributed by atoms with Gasteiger partial charge < -0.3 is 0 Å². The molecule has 1 aromatic carbocycles. The van der Waals surface area contributed by atoms with E-state index >= 15 is 0 Å². The Morgan fingerprint density at radius 1 is 1.17 bits per heavy atom. The third-order valence-electron chi connectivity index (χ3n) is 3.25. The molecule has 0 aromatic heterocycles. The minimum atomic E-state index is -0.960. The van der Waals surface area contributed by atoms with Gasteiger partial charge in [-0.1, -0.05) is 25.4 Å². The zero-order valence-corrected chi connectivity index (χ0v) is 13.2. The normalized spacial score (nSPS) is 15.0. The number of urea groups is 1. The van der Waals surface area contributed by atoms with E-state index in [2.05, 4.69) is 0 Å². The van der Waals surface area contributed by atoms with Gasteiger partial charge in [-0.3, -0.25) is 29.5 Å². The van der Waals surface area contributed by atoms with E-state index in [-0.39, 0.29) is 35.3 Å². The van der Waals surface area contributed by atoms with Crippen LogP contribution in [0.15, 0.2) is 18.2 Å². The van der Waals surface area contributed by atoms with Crippen LogP contribution in [0.4, 0.5) is 10.5 Å². The van der Waals surface area contributed by atoms with Crippen LogP contribution in [0.3, 0.4) is 0 Å². The first-order valence-electron chi connectivity index (χ1n) is 6.82. The molecule has 0 radical (unpaired) electrons. The molecule has 0 atom stereocenters. The first kappa shape index (κ1) is 16.9. The first-order chi connectivity index (χ1) is 10.7. The average molecular weight is 340 g/mol. The number of non-ortho nitro benzene ring substituents is 1. The molecule has 122 valence electrons. The van der Waals surface area contributed by atoms with Crippen LogP contribution < -0.4 is 0 Å². The van der Waals surface area contributed by atoms with Crippen molar-refractivity contribution in [3.8, 4) is 0 Å². The van der Waals surface area contributed by atoms with E-state index in [1.807, 2.05) is 13.8 Å². The van der Waals surface area contributed by atoms with E-state index in [9.17, 15) is 24.5 Å². The smallest absolute Gasteiger partial charge is 0.263 e. The number of benzene rings is 1. The Hall–Kier alpha value is -2.48. The number of hydrogen-bond donors (Lipinski definition) is 0. The molecule has 9 heteroatoms. The van der Waals surface area contributed by atoms with Gasteiger partial charge in [-0.25, -0.2) is 4.79 Å². The van der Waals surface area contributed by atoms with Crippen LogP contribution >= 0.6 is 11.6 Å². The molecule has 0 aliphatic carbocycles. The summed E-state index contributed by atoms with van der Waals surface area (Å²) in [5, 5.41) is 11.0. The minimum Gasteiger partial charge on any atom is -0.263 e. The highest BCUT2D eigenvalue weighted by molar-refractivity contribution is 6.44. The molecule has 1 fully saturated rings. The summed E-state index contributed by atoms with van der Waals surface area (Å²) in [6.45, 7) is 3.46. The van der Waals surface area contributed by atoms with Gasteiger partial charge in [-0.05, 0) is 17.5 Å². The van der Waals surface area contributed by atoms with Crippen LogP contribution in [0.5, 0.6) is 0 Å². The molecule has 23 heavy (non-hydrogen) atoms. The number of imide groups is 2. The number of carbonyl (C=O) groups excluding carboxylic acids is 3. The van der Waals surface area contributed by atoms with Gasteiger partial charge in [0.05, 0.1) is 11.5 Å². The minimum absolute atomic E-state index is 0.0112. The molecular formula is C14H14ClN3O5. The van der Waals surface area contributed by atoms with Crippen LogP contribution in [0.25, 0.3) is 0 Å². The summed E-state index contributed by atoms with van der Waals surface area (Å²) in [5.74, 6) is -1.85. The van der Waals surface area contributed by atoms with Crippen LogP contribution in [0, 0.1) is 16.0 Å². The second kappa shape index (κ2) is 6.33. The summed E-state index contributed by atoms with van der Waals surface area (Å²) < 4.78 is 0. The monoisotopic (exact) mass is 339 g/mol. The van der Waals surface area contributed by atoms with Gasteiger partial charge in [-0.15, -0.1) is 0 Å². The predicted octanol–water partition coefficient (Wildman–Crippen LogP) is 2.19. The summed E-state index contributed by atoms with van der Waals surface area (Å²) in [7, 11) is 0. The third-order valence-corrected chi connectivity index (χ3v) is 3.62. The fourth-order valence-corrected chi connectivity index (χ4v) is 2.36. The van der Waals surface area contributed by atoms with Crippen LogP contribution in [-0.2, 0) is 16.1 Å². The van der Waals surface area contributed by atoms with E-state index in [1.165, 1.54) is 18.2 Å². The Bertz CT molecular complexity index is 704. The van der Waals surface area contributed by atoms with Crippen molar-refractivity contribution >= 4 is 35.1 Å². The highest BCUT2D eigenvalue weighted by atomic mass is 35.5. The van der Waals surface area contributed by atoms with Crippen LogP contribution in [0.1, 0.15) is 19.4 Å². The molecule has 1 saturated heterocycles. The zero-order valence-electron chi connectivity index (χ0n) is 12.5. The zero-order chi connectivity index (χ0) is 17.3. The van der Waals surface area contributed by atoms with Gasteiger partial charge in [0.25, 0.3) is 5.69 Å². The first-order valence-corrected chi connectivity index (χ1v) is 7.20. The van der Waals surface area contributed by atoms with Gasteiger partial charge in [0.15, 0.2) is 0 Å². The molecule has 0 unspecified atom stereocenters.